The molecule has 0 amide bonds. The van der Waals surface area contributed by atoms with Crippen LogP contribution in [0, 0.1) is 17.0 Å². The van der Waals surface area contributed by atoms with Crippen molar-refractivity contribution in [1.29, 1.82) is 0 Å². The maximum absolute atomic E-state index is 12.6. The van der Waals surface area contributed by atoms with Gasteiger partial charge in [-0.25, -0.2) is 0 Å². The van der Waals surface area contributed by atoms with E-state index in [2.05, 4.69) is 4.98 Å². The summed E-state index contributed by atoms with van der Waals surface area (Å²) in [4.78, 5) is 32.8. The predicted molar refractivity (Wildman–Crippen MR) is 108 cm³/mol. The number of methoxy groups -OCH3 is 1. The largest absolute Gasteiger partial charge is 0.481 e. The number of benzene rings is 1. The van der Waals surface area contributed by atoms with Gasteiger partial charge >= 0.3 is 5.97 Å². The van der Waals surface area contributed by atoms with Gasteiger partial charge in [0.1, 0.15) is 12.2 Å². The first kappa shape index (κ1) is 21.5. The summed E-state index contributed by atoms with van der Waals surface area (Å²) in [5.41, 5.74) is 2.01. The molecule has 164 valence electrons. The molecule has 4 atom stereocenters. The second-order valence-corrected chi connectivity index (χ2v) is 8.27. The summed E-state index contributed by atoms with van der Waals surface area (Å²) in [5.74, 6) is -1.10. The molecule has 0 unspecified atom stereocenters. The molecule has 2 aromatic rings. The van der Waals surface area contributed by atoms with Crippen molar-refractivity contribution < 1.29 is 29.3 Å². The Morgan fingerprint density at radius 2 is 2.00 bits per heavy atom. The van der Waals surface area contributed by atoms with Crippen LogP contribution in [0.5, 0.6) is 0 Å². The number of fused-ring (bicyclic) bond motifs is 1. The number of ether oxygens (including phenoxy) is 2. The van der Waals surface area contributed by atoms with Gasteiger partial charge in [0.05, 0.1) is 18.1 Å². The quantitative estimate of drug-likeness (QED) is 0.527. The number of rotatable bonds is 6. The number of aliphatic carboxylic acids is 1. The number of aryl methyl sites for hydroxylation is 1. The van der Waals surface area contributed by atoms with E-state index in [0.717, 1.165) is 16.7 Å². The fourth-order valence-electron chi connectivity index (χ4n) is 4.83. The maximum Gasteiger partial charge on any atom is 0.314 e. The van der Waals surface area contributed by atoms with Gasteiger partial charge in [-0.05, 0) is 48.6 Å². The van der Waals surface area contributed by atoms with Crippen molar-refractivity contribution in [1.82, 2.24) is 4.98 Å². The molecular weight excluding hydrogens is 428 g/mol. The van der Waals surface area contributed by atoms with Crippen LogP contribution in [0.4, 0.5) is 0 Å². The van der Waals surface area contributed by atoms with E-state index in [0.29, 0.717) is 16.3 Å². The standard InChI is InChI=1S/C21H21ClN2O7/c1-11-18(21(20(25)26)7-16(29-2)17(8-21)31-24(27)28)15-10-30-19(14(15)9-23-11)12-3-5-13(22)6-4-12/h3-6,9,16-17,19H,7-8,10H2,1-2H3,(H,25,26)/t16-,17-,19+,21-/m1/s1. The van der Waals surface area contributed by atoms with Gasteiger partial charge in [0, 0.05) is 29.6 Å². The average Bonchev–Trinajstić information content (AvgIpc) is 3.30. The number of hydrogen-bond donors (Lipinski definition) is 1. The number of halogens is 1. The molecular formula is C21H21ClN2O7. The summed E-state index contributed by atoms with van der Waals surface area (Å²) < 4.78 is 11.4. The number of carboxylic acids is 1. The van der Waals surface area contributed by atoms with Crippen LogP contribution < -0.4 is 0 Å². The normalized spacial score (nSPS) is 27.1. The molecule has 9 nitrogen and oxygen atoms in total. The molecule has 10 heteroatoms. The van der Waals surface area contributed by atoms with Gasteiger partial charge in [0.2, 0.25) is 0 Å². The minimum atomic E-state index is -1.44. The van der Waals surface area contributed by atoms with Gasteiger partial charge in [-0.1, -0.05) is 23.7 Å². The topological polar surface area (TPSA) is 121 Å². The Hall–Kier alpha value is -2.75. The van der Waals surface area contributed by atoms with E-state index < -0.39 is 34.8 Å². The first-order valence-corrected chi connectivity index (χ1v) is 10.1. The second-order valence-electron chi connectivity index (χ2n) is 7.83. The number of hydrogen-bond acceptors (Lipinski definition) is 7. The lowest BCUT2D eigenvalue weighted by molar-refractivity contribution is -0.770. The molecule has 2 heterocycles. The molecule has 0 saturated heterocycles. The Morgan fingerprint density at radius 3 is 2.61 bits per heavy atom. The lowest BCUT2D eigenvalue weighted by Crippen LogP contribution is -2.36. The van der Waals surface area contributed by atoms with Gasteiger partial charge in [-0.2, -0.15) is 0 Å². The Bertz CT molecular complexity index is 1030. The number of nitrogens with zero attached hydrogens (tertiary/aromatic N) is 2. The van der Waals surface area contributed by atoms with Crippen molar-refractivity contribution in [3.8, 4) is 0 Å². The van der Waals surface area contributed by atoms with Crippen molar-refractivity contribution in [3.63, 3.8) is 0 Å². The van der Waals surface area contributed by atoms with E-state index >= 15 is 0 Å². The molecule has 1 aliphatic carbocycles. The van der Waals surface area contributed by atoms with Crippen molar-refractivity contribution in [3.05, 3.63) is 73.5 Å². The number of carboxylic acid groups (broad SMARTS) is 1. The molecule has 0 radical (unpaired) electrons. The third kappa shape index (κ3) is 3.62. The Morgan fingerprint density at radius 1 is 1.32 bits per heavy atom. The fourth-order valence-corrected chi connectivity index (χ4v) is 4.95. The summed E-state index contributed by atoms with van der Waals surface area (Å²) in [7, 11) is 1.39. The summed E-state index contributed by atoms with van der Waals surface area (Å²) >= 11 is 5.99. The van der Waals surface area contributed by atoms with Crippen LogP contribution in [0.15, 0.2) is 30.5 Å². The fraction of sp³-hybridized carbons (Fsp3) is 0.429. The molecule has 31 heavy (non-hydrogen) atoms. The van der Waals surface area contributed by atoms with E-state index in [-0.39, 0.29) is 19.4 Å². The van der Waals surface area contributed by atoms with Gasteiger partial charge in [-0.15, -0.1) is 10.1 Å². The third-order valence-electron chi connectivity index (χ3n) is 6.18. The average molecular weight is 449 g/mol. The van der Waals surface area contributed by atoms with E-state index in [1.807, 2.05) is 12.1 Å². The van der Waals surface area contributed by atoms with Gasteiger partial charge < -0.3 is 19.4 Å². The number of aromatic nitrogens is 1. The lowest BCUT2D eigenvalue weighted by Gasteiger charge is -2.28. The van der Waals surface area contributed by atoms with E-state index in [1.54, 1.807) is 25.3 Å². The van der Waals surface area contributed by atoms with E-state index in [1.165, 1.54) is 7.11 Å². The monoisotopic (exact) mass is 448 g/mol. The second kappa shape index (κ2) is 8.07. The molecule has 1 aromatic carbocycles. The van der Waals surface area contributed by atoms with Gasteiger partial charge in [0.25, 0.3) is 5.09 Å². The highest BCUT2D eigenvalue weighted by Crippen LogP contribution is 2.49. The zero-order valence-electron chi connectivity index (χ0n) is 16.9. The summed E-state index contributed by atoms with van der Waals surface area (Å²) in [6.07, 6.45) is -0.528. The summed E-state index contributed by atoms with van der Waals surface area (Å²) in [5, 5.41) is 20.9. The first-order valence-electron chi connectivity index (χ1n) is 9.70. The van der Waals surface area contributed by atoms with E-state index in [4.69, 9.17) is 25.9 Å². The van der Waals surface area contributed by atoms with Crippen LogP contribution in [0.25, 0.3) is 0 Å². The highest BCUT2D eigenvalue weighted by Gasteiger charge is 2.56. The summed E-state index contributed by atoms with van der Waals surface area (Å²) in [6.45, 7) is 1.94. The highest BCUT2D eigenvalue weighted by atomic mass is 35.5. The van der Waals surface area contributed by atoms with Crippen LogP contribution in [-0.4, -0.2) is 40.5 Å². The predicted octanol–water partition coefficient (Wildman–Crippen LogP) is 3.37. The molecule has 1 saturated carbocycles. The highest BCUT2D eigenvalue weighted by molar-refractivity contribution is 6.30. The van der Waals surface area contributed by atoms with Gasteiger partial charge in [0.15, 0.2) is 0 Å². The van der Waals surface area contributed by atoms with Crippen LogP contribution >= 0.6 is 11.6 Å². The van der Waals surface area contributed by atoms with E-state index in [9.17, 15) is 20.0 Å². The molecule has 1 fully saturated rings. The SMILES string of the molecule is CO[C@@H]1C[C@](C(=O)O)(c2c(C)ncc3c2CO[C@H]3c2ccc(Cl)cc2)C[C@H]1O[N+](=O)[O-]. The van der Waals surface area contributed by atoms with Crippen LogP contribution in [-0.2, 0) is 31.1 Å². The van der Waals surface area contributed by atoms with Crippen LogP contribution in [0.1, 0.15) is 46.9 Å². The maximum atomic E-state index is 12.6. The molecule has 0 bridgehead atoms. The number of pyridine rings is 1. The van der Waals surface area contributed by atoms with Gasteiger partial charge in [-0.3, -0.25) is 9.78 Å². The molecule has 1 aliphatic heterocycles. The molecule has 1 N–H and O–H groups in total. The number of carbonyl (C=O) groups is 1. The molecule has 4 rings (SSSR count). The zero-order chi connectivity index (χ0) is 22.3. The van der Waals surface area contributed by atoms with Crippen molar-refractivity contribution in [2.24, 2.45) is 0 Å². The molecule has 2 aliphatic rings. The Kier molecular flexibility index (Phi) is 5.59. The van der Waals surface area contributed by atoms with Crippen molar-refractivity contribution in [2.45, 2.75) is 50.1 Å². The van der Waals surface area contributed by atoms with Crippen LogP contribution in [0.3, 0.4) is 0 Å². The van der Waals surface area contributed by atoms with Crippen molar-refractivity contribution >= 4 is 17.6 Å². The molecule has 1 aromatic heterocycles. The summed E-state index contributed by atoms with van der Waals surface area (Å²) in [6, 6.07) is 7.23. The smallest absolute Gasteiger partial charge is 0.314 e. The zero-order valence-corrected chi connectivity index (χ0v) is 17.7. The first-order chi connectivity index (χ1) is 14.8. The minimum Gasteiger partial charge on any atom is -0.481 e. The third-order valence-corrected chi connectivity index (χ3v) is 6.44. The Balaban J connectivity index is 1.81. The minimum absolute atomic E-state index is 0.0297. The van der Waals surface area contributed by atoms with Crippen LogP contribution in [0.2, 0.25) is 5.02 Å². The lowest BCUT2D eigenvalue weighted by atomic mass is 9.74. The molecule has 0 spiro atoms. The van der Waals surface area contributed by atoms with Crippen molar-refractivity contribution in [2.75, 3.05) is 7.11 Å². The Labute approximate surface area is 183 Å².